The molecule has 0 rings (SSSR count). The molecule has 0 bridgehead atoms. The number of carbonyl (C=O) groups is 2. The van der Waals surface area contributed by atoms with E-state index in [1.165, 1.54) is 0 Å². The largest absolute Gasteiger partial charge is 0.460 e. The third-order valence-electron chi connectivity index (χ3n) is 1.41. The molecule has 0 aromatic rings. The lowest BCUT2D eigenvalue weighted by molar-refractivity contribution is -0.159. The summed E-state index contributed by atoms with van der Waals surface area (Å²) in [5.41, 5.74) is 0. The molecule has 4 nitrogen and oxygen atoms in total. The smallest absolute Gasteiger partial charge is 0.344 e. The van der Waals surface area contributed by atoms with Gasteiger partial charge in [-0.2, -0.15) is 0 Å². The Bertz CT molecular complexity index is 198. The van der Waals surface area contributed by atoms with Crippen molar-refractivity contribution in [2.45, 2.75) is 26.4 Å². The molecule has 4 heteroatoms. The first kappa shape index (κ1) is 11.7. The Morgan fingerprint density at radius 2 is 2.15 bits per heavy atom. The summed E-state index contributed by atoms with van der Waals surface area (Å²) in [4.78, 5) is 21.4. The summed E-state index contributed by atoms with van der Waals surface area (Å²) in [5, 5.41) is 0. The lowest BCUT2D eigenvalue weighted by atomic mass is 10.3. The Morgan fingerprint density at radius 1 is 1.54 bits per heavy atom. The Kier molecular flexibility index (Phi) is 5.59. The van der Waals surface area contributed by atoms with Gasteiger partial charge < -0.3 is 9.47 Å². The zero-order chi connectivity index (χ0) is 10.3. The van der Waals surface area contributed by atoms with E-state index in [9.17, 15) is 9.59 Å². The van der Waals surface area contributed by atoms with Crippen molar-refractivity contribution in [3.05, 3.63) is 12.7 Å². The molecule has 0 fully saturated rings. The van der Waals surface area contributed by atoms with Crippen molar-refractivity contribution in [3.63, 3.8) is 0 Å². The molecule has 0 spiro atoms. The second-order valence-electron chi connectivity index (χ2n) is 2.52. The minimum atomic E-state index is -0.624. The summed E-state index contributed by atoms with van der Waals surface area (Å²) in [7, 11) is 0. The van der Waals surface area contributed by atoms with Gasteiger partial charge in [-0.15, -0.1) is 0 Å². The maximum absolute atomic E-state index is 10.9. The fraction of sp³-hybridized carbons (Fsp3) is 0.556. The molecule has 0 aromatic carbocycles. The predicted molar refractivity (Wildman–Crippen MR) is 47.0 cm³/mol. The van der Waals surface area contributed by atoms with Gasteiger partial charge in [0.1, 0.15) is 0 Å². The molecule has 0 N–H and O–H groups in total. The van der Waals surface area contributed by atoms with Gasteiger partial charge >= 0.3 is 11.9 Å². The number of rotatable bonds is 5. The van der Waals surface area contributed by atoms with E-state index in [-0.39, 0.29) is 12.7 Å². The molecule has 0 saturated carbocycles. The van der Waals surface area contributed by atoms with Crippen molar-refractivity contribution >= 4 is 11.9 Å². The zero-order valence-electron chi connectivity index (χ0n) is 7.91. The van der Waals surface area contributed by atoms with E-state index in [1.807, 2.05) is 6.92 Å². The molecular formula is C9H14O4. The van der Waals surface area contributed by atoms with Crippen LogP contribution in [0.1, 0.15) is 20.3 Å². The number of carbonyl (C=O) groups excluding carboxylic acids is 2. The van der Waals surface area contributed by atoms with Crippen molar-refractivity contribution < 1.29 is 19.1 Å². The molecule has 74 valence electrons. The van der Waals surface area contributed by atoms with Gasteiger partial charge in [-0.25, -0.2) is 9.59 Å². The van der Waals surface area contributed by atoms with Crippen LogP contribution in [0, 0.1) is 0 Å². The van der Waals surface area contributed by atoms with Crippen LogP contribution >= 0.6 is 0 Å². The Hall–Kier alpha value is -1.32. The van der Waals surface area contributed by atoms with Crippen LogP contribution < -0.4 is 0 Å². The average molecular weight is 186 g/mol. The molecule has 1 atom stereocenters. The van der Waals surface area contributed by atoms with Crippen LogP contribution in [0.3, 0.4) is 0 Å². The second kappa shape index (κ2) is 6.22. The van der Waals surface area contributed by atoms with Crippen molar-refractivity contribution in [2.75, 3.05) is 6.61 Å². The molecule has 0 amide bonds. The fourth-order valence-corrected chi connectivity index (χ4v) is 0.531. The minimum Gasteiger partial charge on any atom is -0.460 e. The molecule has 0 radical (unpaired) electrons. The van der Waals surface area contributed by atoms with E-state index < -0.39 is 11.9 Å². The van der Waals surface area contributed by atoms with Crippen LogP contribution in [0.15, 0.2) is 12.7 Å². The average Bonchev–Trinajstić information content (AvgIpc) is 2.13. The summed E-state index contributed by atoms with van der Waals surface area (Å²) in [6.07, 6.45) is 1.59. The van der Waals surface area contributed by atoms with Gasteiger partial charge in [-0.3, -0.25) is 0 Å². The maximum atomic E-state index is 10.9. The fourth-order valence-electron chi connectivity index (χ4n) is 0.531. The van der Waals surface area contributed by atoms with Gasteiger partial charge in [0, 0.05) is 6.08 Å². The van der Waals surface area contributed by atoms with Crippen LogP contribution in [0.5, 0.6) is 0 Å². The summed E-state index contributed by atoms with van der Waals surface area (Å²) < 4.78 is 9.31. The number of ether oxygens (including phenoxy) is 2. The summed E-state index contributed by atoms with van der Waals surface area (Å²) in [6.45, 7) is 6.50. The van der Waals surface area contributed by atoms with Gasteiger partial charge in [-0.1, -0.05) is 13.5 Å². The summed E-state index contributed by atoms with van der Waals surface area (Å²) in [5.74, 6) is -1.16. The van der Waals surface area contributed by atoms with Crippen LogP contribution in [-0.4, -0.2) is 24.6 Å². The zero-order valence-corrected chi connectivity index (χ0v) is 7.91. The highest BCUT2D eigenvalue weighted by atomic mass is 16.6. The van der Waals surface area contributed by atoms with E-state index in [2.05, 4.69) is 11.3 Å². The molecule has 0 heterocycles. The minimum absolute atomic E-state index is 0.144. The van der Waals surface area contributed by atoms with Gasteiger partial charge in [0.05, 0.1) is 6.10 Å². The highest BCUT2D eigenvalue weighted by molar-refractivity contribution is 5.83. The van der Waals surface area contributed by atoms with Crippen LogP contribution in [0.2, 0.25) is 0 Å². The van der Waals surface area contributed by atoms with Crippen molar-refractivity contribution in [3.8, 4) is 0 Å². The van der Waals surface area contributed by atoms with Gasteiger partial charge in [0.15, 0.2) is 6.61 Å². The molecular weight excluding hydrogens is 172 g/mol. The normalized spacial score (nSPS) is 11.5. The predicted octanol–water partition coefficient (Wildman–Crippen LogP) is 1.06. The molecule has 0 aliphatic rings. The molecule has 0 saturated heterocycles. The molecule has 0 aliphatic carbocycles. The van der Waals surface area contributed by atoms with Gasteiger partial charge in [0.25, 0.3) is 0 Å². The quantitative estimate of drug-likeness (QED) is 0.476. The first-order valence-electron chi connectivity index (χ1n) is 4.08. The molecule has 0 aromatic heterocycles. The highest BCUT2D eigenvalue weighted by Gasteiger charge is 2.09. The van der Waals surface area contributed by atoms with E-state index >= 15 is 0 Å². The number of hydrogen-bond donors (Lipinski definition) is 0. The molecule has 0 aliphatic heterocycles. The Balaban J connectivity index is 3.63. The first-order chi connectivity index (χ1) is 6.10. The third kappa shape index (κ3) is 5.90. The van der Waals surface area contributed by atoms with Crippen LogP contribution in [0.4, 0.5) is 0 Å². The number of esters is 2. The SMILES string of the molecule is C=CC(=O)OCC(=O)OC(C)CC. The standard InChI is InChI=1S/C9H14O4/c1-4-7(3)13-9(11)6-12-8(10)5-2/h5,7H,2,4,6H2,1,3H3. The van der Waals surface area contributed by atoms with Crippen molar-refractivity contribution in [1.82, 2.24) is 0 Å². The van der Waals surface area contributed by atoms with Crippen LogP contribution in [0.25, 0.3) is 0 Å². The molecule has 1 unspecified atom stereocenters. The van der Waals surface area contributed by atoms with Crippen molar-refractivity contribution in [2.24, 2.45) is 0 Å². The van der Waals surface area contributed by atoms with E-state index in [1.54, 1.807) is 6.92 Å². The second-order valence-corrected chi connectivity index (χ2v) is 2.52. The van der Waals surface area contributed by atoms with Gasteiger partial charge in [0.2, 0.25) is 0 Å². The third-order valence-corrected chi connectivity index (χ3v) is 1.41. The van der Waals surface area contributed by atoms with Crippen LogP contribution in [-0.2, 0) is 19.1 Å². The topological polar surface area (TPSA) is 52.6 Å². The maximum Gasteiger partial charge on any atom is 0.344 e. The molecule has 13 heavy (non-hydrogen) atoms. The monoisotopic (exact) mass is 186 g/mol. The van der Waals surface area contributed by atoms with Gasteiger partial charge in [-0.05, 0) is 13.3 Å². The van der Waals surface area contributed by atoms with Crippen molar-refractivity contribution in [1.29, 1.82) is 0 Å². The van der Waals surface area contributed by atoms with E-state index in [4.69, 9.17) is 4.74 Å². The summed E-state index contributed by atoms with van der Waals surface area (Å²) >= 11 is 0. The lowest BCUT2D eigenvalue weighted by Crippen LogP contribution is -2.20. The first-order valence-corrected chi connectivity index (χ1v) is 4.08. The summed E-state index contributed by atoms with van der Waals surface area (Å²) in [6, 6.07) is 0. The Labute approximate surface area is 77.5 Å². The lowest BCUT2D eigenvalue weighted by Gasteiger charge is -2.09. The Morgan fingerprint density at radius 3 is 2.62 bits per heavy atom. The van der Waals surface area contributed by atoms with E-state index in [0.29, 0.717) is 0 Å². The number of hydrogen-bond acceptors (Lipinski definition) is 4. The van der Waals surface area contributed by atoms with E-state index in [0.717, 1.165) is 12.5 Å². The highest BCUT2D eigenvalue weighted by Crippen LogP contribution is 1.96.